The molecule has 0 fully saturated rings. The largest absolute Gasteiger partial charge is 0.352 e. The molecule has 3 aromatic rings. The Hall–Kier alpha value is -5.82. The fraction of sp³-hybridized carbons (Fsp3) is 0.152. The number of hydrazone groups is 1. The van der Waals surface area contributed by atoms with Crippen LogP contribution < -0.4 is 15.6 Å². The molecule has 0 atom stereocenters. The highest BCUT2D eigenvalue weighted by atomic mass is 16.2. The lowest BCUT2D eigenvalue weighted by Crippen LogP contribution is -2.35. The molecule has 5 amide bonds. The first-order valence-corrected chi connectivity index (χ1v) is 13.6. The van der Waals surface area contributed by atoms with Gasteiger partial charge in [0.15, 0.2) is 0 Å². The van der Waals surface area contributed by atoms with Gasteiger partial charge < -0.3 is 10.2 Å². The Morgan fingerprint density at radius 1 is 0.837 bits per heavy atom. The number of imide groups is 1. The fourth-order valence-electron chi connectivity index (χ4n) is 4.55. The number of benzene rings is 3. The number of fused-ring (bicyclic) bond motifs is 2. The molecule has 10 nitrogen and oxygen atoms in total. The third kappa shape index (κ3) is 7.10. The summed E-state index contributed by atoms with van der Waals surface area (Å²) in [6.07, 6.45) is 3.76. The quantitative estimate of drug-likeness (QED) is 0.176. The molecule has 0 radical (unpaired) electrons. The van der Waals surface area contributed by atoms with Crippen LogP contribution in [0.5, 0.6) is 0 Å². The van der Waals surface area contributed by atoms with E-state index in [1.54, 1.807) is 29.2 Å². The molecule has 3 aromatic carbocycles. The van der Waals surface area contributed by atoms with Crippen LogP contribution in [0.25, 0.3) is 0 Å². The van der Waals surface area contributed by atoms with Gasteiger partial charge in [0.2, 0.25) is 11.8 Å². The first-order valence-electron chi connectivity index (χ1n) is 13.6. The number of carbonyl (C=O) groups is 5. The van der Waals surface area contributed by atoms with Gasteiger partial charge in [-0.25, -0.2) is 5.43 Å². The van der Waals surface area contributed by atoms with Gasteiger partial charge in [-0.05, 0) is 41.5 Å². The van der Waals surface area contributed by atoms with Crippen molar-refractivity contribution in [3.8, 4) is 11.8 Å². The lowest BCUT2D eigenvalue weighted by atomic mass is 10.0. The molecule has 0 bridgehead atoms. The molecule has 0 saturated carbocycles. The Labute approximate surface area is 248 Å². The number of hydrogen-bond acceptors (Lipinski definition) is 6. The Morgan fingerprint density at radius 2 is 1.51 bits per heavy atom. The molecule has 0 aromatic heterocycles. The average Bonchev–Trinajstić information content (AvgIpc) is 3.33. The maximum Gasteiger partial charge on any atom is 0.253 e. The van der Waals surface area contributed by atoms with Crippen LogP contribution in [-0.2, 0) is 25.7 Å². The summed E-state index contributed by atoms with van der Waals surface area (Å²) in [5.74, 6) is 4.57. The summed E-state index contributed by atoms with van der Waals surface area (Å²) >= 11 is 0. The molecule has 0 spiro atoms. The zero-order valence-corrected chi connectivity index (χ0v) is 23.1. The summed E-state index contributed by atoms with van der Waals surface area (Å²) in [7, 11) is 0. The van der Waals surface area contributed by atoms with Crippen LogP contribution in [0.4, 0.5) is 5.69 Å². The van der Waals surface area contributed by atoms with Gasteiger partial charge in [-0.2, -0.15) is 5.10 Å². The van der Waals surface area contributed by atoms with Crippen molar-refractivity contribution in [1.82, 2.24) is 15.6 Å². The van der Waals surface area contributed by atoms with Crippen molar-refractivity contribution in [3.05, 3.63) is 113 Å². The second-order valence-electron chi connectivity index (χ2n) is 9.74. The molecule has 2 aliphatic heterocycles. The van der Waals surface area contributed by atoms with E-state index >= 15 is 0 Å². The molecule has 43 heavy (non-hydrogen) atoms. The summed E-state index contributed by atoms with van der Waals surface area (Å²) in [5.41, 5.74) is 6.73. The van der Waals surface area contributed by atoms with Crippen LogP contribution in [0, 0.1) is 11.8 Å². The van der Waals surface area contributed by atoms with Gasteiger partial charge >= 0.3 is 0 Å². The van der Waals surface area contributed by atoms with Crippen molar-refractivity contribution in [3.63, 3.8) is 0 Å². The summed E-state index contributed by atoms with van der Waals surface area (Å²) in [6.45, 7) is 0.506. The molecular weight excluding hydrogens is 546 g/mol. The highest BCUT2D eigenvalue weighted by Crippen LogP contribution is 2.25. The third-order valence-corrected chi connectivity index (χ3v) is 6.84. The van der Waals surface area contributed by atoms with E-state index in [0.29, 0.717) is 17.7 Å². The molecule has 2 N–H and O–H groups in total. The van der Waals surface area contributed by atoms with Crippen molar-refractivity contribution in [1.29, 1.82) is 0 Å². The smallest absolute Gasteiger partial charge is 0.253 e. The highest BCUT2D eigenvalue weighted by molar-refractivity contribution is 6.13. The number of amides is 5. The van der Waals surface area contributed by atoms with E-state index in [0.717, 1.165) is 39.4 Å². The van der Waals surface area contributed by atoms with Crippen molar-refractivity contribution in [2.24, 2.45) is 5.10 Å². The minimum Gasteiger partial charge on any atom is -0.352 e. The van der Waals surface area contributed by atoms with E-state index in [9.17, 15) is 24.0 Å². The zero-order chi connectivity index (χ0) is 30.2. The van der Waals surface area contributed by atoms with Crippen molar-refractivity contribution in [2.45, 2.75) is 19.4 Å². The minimum atomic E-state index is -0.453. The van der Waals surface area contributed by atoms with Crippen LogP contribution in [-0.4, -0.2) is 53.7 Å². The molecule has 5 rings (SSSR count). The first kappa shape index (κ1) is 28.7. The highest BCUT2D eigenvalue weighted by Gasteiger charge is 2.24. The Morgan fingerprint density at radius 3 is 2.28 bits per heavy atom. The maximum atomic E-state index is 13.3. The lowest BCUT2D eigenvalue weighted by molar-refractivity contribution is -0.137. The molecule has 10 heteroatoms. The summed E-state index contributed by atoms with van der Waals surface area (Å²) in [5, 5.41) is 6.68. The van der Waals surface area contributed by atoms with E-state index in [-0.39, 0.29) is 37.7 Å². The number of para-hydroxylation sites is 1. The molecule has 0 aliphatic carbocycles. The number of nitrogens with zero attached hydrogens (tertiary/aromatic N) is 3. The summed E-state index contributed by atoms with van der Waals surface area (Å²) < 4.78 is 0. The van der Waals surface area contributed by atoms with Crippen molar-refractivity contribution in [2.75, 3.05) is 18.0 Å². The van der Waals surface area contributed by atoms with Gasteiger partial charge in [-0.3, -0.25) is 28.9 Å². The summed E-state index contributed by atoms with van der Waals surface area (Å²) in [6, 6.07) is 21.8. The van der Waals surface area contributed by atoms with Crippen LogP contribution >= 0.6 is 0 Å². The molecule has 2 aliphatic rings. The second kappa shape index (κ2) is 13.2. The van der Waals surface area contributed by atoms with Gasteiger partial charge in [-0.1, -0.05) is 54.3 Å². The van der Waals surface area contributed by atoms with E-state index in [1.807, 2.05) is 48.5 Å². The van der Waals surface area contributed by atoms with Gasteiger partial charge in [-0.15, -0.1) is 0 Å². The van der Waals surface area contributed by atoms with Crippen LogP contribution in [0.3, 0.4) is 0 Å². The predicted octanol–water partition coefficient (Wildman–Crippen LogP) is 2.52. The van der Waals surface area contributed by atoms with Crippen LogP contribution in [0.1, 0.15) is 45.5 Å². The molecule has 214 valence electrons. The number of anilines is 1. The third-order valence-electron chi connectivity index (χ3n) is 6.84. The summed E-state index contributed by atoms with van der Waals surface area (Å²) in [4.78, 5) is 63.8. The number of carbonyl (C=O) groups excluding carboxylic acids is 5. The zero-order valence-electron chi connectivity index (χ0n) is 23.1. The standard InChI is InChI=1S/C33H27N5O5/c39-29(18-20-37-30(40)15-16-31(37)41)36-35-21-23-9-11-26(12-10-23)33(43)34-19-17-32(42)38-22-27-7-2-1-5-24(27)13-14-25-6-3-4-8-28(25)38/h1-12,15-16,21H,17-20,22H2,(H,34,43)(H,36,39)/b35-21+. The van der Waals surface area contributed by atoms with E-state index in [4.69, 9.17) is 0 Å². The molecule has 0 unspecified atom stereocenters. The van der Waals surface area contributed by atoms with Crippen LogP contribution in [0.2, 0.25) is 0 Å². The Kier molecular flexibility index (Phi) is 8.83. The first-order chi connectivity index (χ1) is 20.9. The SMILES string of the molecule is O=C(CCN1C(=O)C=CC1=O)N/N=C/c1ccc(C(=O)NCCC(=O)N2Cc3ccccc3C#Cc3ccccc32)cc1. The predicted molar refractivity (Wildman–Crippen MR) is 160 cm³/mol. The number of hydrogen-bond donors (Lipinski definition) is 2. The van der Waals surface area contributed by atoms with Crippen LogP contribution in [0.15, 0.2) is 90.0 Å². The van der Waals surface area contributed by atoms with E-state index < -0.39 is 17.7 Å². The Balaban J connectivity index is 1.10. The monoisotopic (exact) mass is 573 g/mol. The minimum absolute atomic E-state index is 0.0323. The number of rotatable bonds is 9. The van der Waals surface area contributed by atoms with Crippen molar-refractivity contribution < 1.29 is 24.0 Å². The molecular formula is C33H27N5O5. The van der Waals surface area contributed by atoms with Crippen molar-refractivity contribution >= 4 is 41.4 Å². The molecule has 2 heterocycles. The van der Waals surface area contributed by atoms with E-state index in [1.165, 1.54) is 6.21 Å². The average molecular weight is 574 g/mol. The number of nitrogens with one attached hydrogen (secondary N) is 2. The van der Waals surface area contributed by atoms with Gasteiger partial charge in [0.25, 0.3) is 17.7 Å². The Bertz CT molecular complexity index is 1700. The van der Waals surface area contributed by atoms with Gasteiger partial charge in [0.1, 0.15) is 0 Å². The fourth-order valence-corrected chi connectivity index (χ4v) is 4.55. The lowest BCUT2D eigenvalue weighted by Gasteiger charge is -2.26. The van der Waals surface area contributed by atoms with Gasteiger partial charge in [0.05, 0.1) is 18.4 Å². The maximum absolute atomic E-state index is 13.3. The van der Waals surface area contributed by atoms with Gasteiger partial charge in [0, 0.05) is 54.8 Å². The topological polar surface area (TPSA) is 128 Å². The second-order valence-corrected chi connectivity index (χ2v) is 9.74. The molecule has 0 saturated heterocycles. The van der Waals surface area contributed by atoms with E-state index in [2.05, 4.69) is 27.7 Å². The normalized spacial score (nSPS) is 13.5.